The second-order valence-electron chi connectivity index (χ2n) is 18.0. The minimum absolute atomic E-state index is 0.00451. The van der Waals surface area contributed by atoms with Crippen molar-refractivity contribution >= 4 is 28.9 Å². The molecular formula is C40H62N6O9. The van der Waals surface area contributed by atoms with Gasteiger partial charge >= 0.3 is 5.97 Å². The molecule has 0 unspecified atom stereocenters. The van der Waals surface area contributed by atoms with Crippen LogP contribution in [0.1, 0.15) is 110 Å². The monoisotopic (exact) mass is 770 g/mol. The molecular weight excluding hydrogens is 708 g/mol. The van der Waals surface area contributed by atoms with Crippen molar-refractivity contribution in [2.24, 2.45) is 46.3 Å². The molecule has 0 spiro atoms. The Bertz CT molecular complexity index is 1680. The van der Waals surface area contributed by atoms with Gasteiger partial charge in [-0.15, -0.1) is 0 Å². The molecule has 1 amide bonds. The Labute approximate surface area is 322 Å². The smallest absolute Gasteiger partial charge is 0.306 e. The van der Waals surface area contributed by atoms with Crippen LogP contribution >= 0.6 is 0 Å². The molecule has 4 aliphatic carbocycles. The molecule has 2 aromatic heterocycles. The van der Waals surface area contributed by atoms with Crippen molar-refractivity contribution in [1.82, 2.24) is 24.8 Å². The number of imidazole rings is 1. The molecule has 1 saturated heterocycles. The van der Waals surface area contributed by atoms with E-state index in [0.29, 0.717) is 55.7 Å². The van der Waals surface area contributed by atoms with E-state index >= 15 is 0 Å². The van der Waals surface area contributed by atoms with Crippen LogP contribution in [0.5, 0.6) is 0 Å². The highest BCUT2D eigenvalue weighted by molar-refractivity contribution is 5.81. The maximum Gasteiger partial charge on any atom is 0.306 e. The van der Waals surface area contributed by atoms with Crippen LogP contribution in [0, 0.1) is 46.3 Å². The molecule has 306 valence electrons. The first-order chi connectivity index (χ1) is 26.3. The van der Waals surface area contributed by atoms with Gasteiger partial charge in [0.2, 0.25) is 5.91 Å². The van der Waals surface area contributed by atoms with Gasteiger partial charge in [-0.05, 0) is 111 Å². The zero-order valence-corrected chi connectivity index (χ0v) is 32.5. The number of nitrogens with two attached hydrogens (primary N) is 1. The Morgan fingerprint density at radius 1 is 1.04 bits per heavy atom. The summed E-state index contributed by atoms with van der Waals surface area (Å²) < 4.78 is 13.0. The number of aliphatic hydroxyl groups is 5. The lowest BCUT2D eigenvalue weighted by atomic mass is 9.43. The summed E-state index contributed by atoms with van der Waals surface area (Å²) in [6, 6.07) is 0. The number of unbranched alkanes of at least 4 members (excludes halogenated alkanes) is 2. The van der Waals surface area contributed by atoms with Crippen LogP contribution in [0.4, 0.5) is 5.82 Å². The van der Waals surface area contributed by atoms with Gasteiger partial charge in [0, 0.05) is 19.4 Å². The topological polar surface area (TPSA) is 235 Å². The Balaban J connectivity index is 0.835. The number of nitrogens with one attached hydrogen (secondary N) is 1. The summed E-state index contributed by atoms with van der Waals surface area (Å²) in [4.78, 5) is 38.1. The summed E-state index contributed by atoms with van der Waals surface area (Å²) in [5, 5.41) is 57.3. The fourth-order valence-corrected chi connectivity index (χ4v) is 12.1. The fraction of sp³-hybridized carbons (Fsp3) is 0.825. The first-order valence-electron chi connectivity index (χ1n) is 20.7. The van der Waals surface area contributed by atoms with Gasteiger partial charge in [0.05, 0.1) is 31.2 Å². The van der Waals surface area contributed by atoms with Gasteiger partial charge in [-0.3, -0.25) is 14.2 Å². The molecule has 5 aliphatic rings. The van der Waals surface area contributed by atoms with E-state index in [-0.39, 0.29) is 64.7 Å². The molecule has 15 nitrogen and oxygen atoms in total. The van der Waals surface area contributed by atoms with E-state index in [1.807, 2.05) is 0 Å². The molecule has 0 aromatic carbocycles. The highest BCUT2D eigenvalue weighted by Gasteiger charge is 2.65. The predicted molar refractivity (Wildman–Crippen MR) is 200 cm³/mol. The minimum atomic E-state index is -1.26. The lowest BCUT2D eigenvalue weighted by molar-refractivity contribution is -0.207. The number of ether oxygens (including phenoxy) is 2. The van der Waals surface area contributed by atoms with Crippen molar-refractivity contribution < 1.29 is 44.6 Å². The van der Waals surface area contributed by atoms with E-state index in [2.05, 4.69) is 41.0 Å². The van der Waals surface area contributed by atoms with Crippen molar-refractivity contribution in [1.29, 1.82) is 0 Å². The number of nitrogens with zero attached hydrogens (tertiary/aromatic N) is 4. The number of carbonyl (C=O) groups is 2. The molecule has 0 radical (unpaired) electrons. The average Bonchev–Trinajstić information content (AvgIpc) is 3.84. The van der Waals surface area contributed by atoms with Crippen LogP contribution in [0.3, 0.4) is 0 Å². The molecule has 4 saturated carbocycles. The minimum Gasteiger partial charge on any atom is -0.455 e. The molecule has 15 heteroatoms. The van der Waals surface area contributed by atoms with Gasteiger partial charge in [-0.1, -0.05) is 27.2 Å². The Morgan fingerprint density at radius 3 is 2.62 bits per heavy atom. The highest BCUT2D eigenvalue weighted by atomic mass is 16.6. The second-order valence-corrected chi connectivity index (χ2v) is 18.0. The van der Waals surface area contributed by atoms with E-state index in [4.69, 9.17) is 15.2 Å². The largest absolute Gasteiger partial charge is 0.455 e. The SMILES string of the molecule is C[C@H](CCC(=O)NCCCCCC(=O)O[C@@H]1[C@H](O)[C@@H](CO)O[C@H]1n1cnc2c(N)ncnc21)[C@H]1CC[C@H]2[C@@H]3[C@H](O)C[C@@H]4C[C@H](O)CC[C@]4(C)[C@H]3C[C@H](O)[C@]12C. The van der Waals surface area contributed by atoms with Crippen molar-refractivity contribution in [2.75, 3.05) is 18.9 Å². The average molecular weight is 771 g/mol. The number of amides is 1. The van der Waals surface area contributed by atoms with Crippen LogP contribution in [0.15, 0.2) is 12.7 Å². The van der Waals surface area contributed by atoms with Crippen LogP contribution in [0.25, 0.3) is 11.2 Å². The number of anilines is 1. The van der Waals surface area contributed by atoms with E-state index in [1.165, 1.54) is 17.2 Å². The summed E-state index contributed by atoms with van der Waals surface area (Å²) in [5.41, 5.74) is 6.34. The second kappa shape index (κ2) is 16.1. The van der Waals surface area contributed by atoms with Crippen molar-refractivity contribution in [3.63, 3.8) is 0 Å². The van der Waals surface area contributed by atoms with Crippen molar-refractivity contribution in [3.8, 4) is 0 Å². The molecule has 5 fully saturated rings. The van der Waals surface area contributed by atoms with Crippen LogP contribution < -0.4 is 11.1 Å². The van der Waals surface area contributed by atoms with E-state index in [1.54, 1.807) is 0 Å². The number of rotatable bonds is 13. The van der Waals surface area contributed by atoms with Crippen LogP contribution in [-0.2, 0) is 19.1 Å². The third-order valence-electron chi connectivity index (χ3n) is 15.1. The summed E-state index contributed by atoms with van der Waals surface area (Å²) >= 11 is 0. The maximum absolute atomic E-state index is 12.9. The predicted octanol–water partition coefficient (Wildman–Crippen LogP) is 2.63. The molecule has 1 aliphatic heterocycles. The van der Waals surface area contributed by atoms with Crippen molar-refractivity contribution in [3.05, 3.63) is 12.7 Å². The molecule has 0 bridgehead atoms. The number of aliphatic hydroxyl groups excluding tert-OH is 5. The quantitative estimate of drug-likeness (QED) is 0.115. The zero-order valence-electron chi connectivity index (χ0n) is 32.5. The summed E-state index contributed by atoms with van der Waals surface area (Å²) in [6.45, 7) is 6.84. The molecule has 2 aromatic rings. The van der Waals surface area contributed by atoms with Gasteiger partial charge in [0.25, 0.3) is 0 Å². The van der Waals surface area contributed by atoms with Crippen molar-refractivity contribution in [2.45, 2.75) is 147 Å². The fourth-order valence-electron chi connectivity index (χ4n) is 12.1. The lowest BCUT2D eigenvalue weighted by Gasteiger charge is -2.63. The molecule has 3 heterocycles. The first kappa shape index (κ1) is 40.3. The van der Waals surface area contributed by atoms with Gasteiger partial charge in [-0.25, -0.2) is 15.0 Å². The third kappa shape index (κ3) is 7.37. The van der Waals surface area contributed by atoms with Gasteiger partial charge in [-0.2, -0.15) is 0 Å². The van der Waals surface area contributed by atoms with E-state index in [0.717, 1.165) is 44.9 Å². The number of fused-ring (bicyclic) bond motifs is 6. The number of hydrogen-bond acceptors (Lipinski definition) is 13. The molecule has 8 N–H and O–H groups in total. The number of nitrogen functional groups attached to an aromatic ring is 1. The summed E-state index contributed by atoms with van der Waals surface area (Å²) in [6.07, 6.45) is 6.38. The molecule has 55 heavy (non-hydrogen) atoms. The molecule has 7 rings (SSSR count). The Morgan fingerprint density at radius 2 is 1.84 bits per heavy atom. The number of aromatic nitrogens is 4. The van der Waals surface area contributed by atoms with Gasteiger partial charge in [0.15, 0.2) is 23.8 Å². The third-order valence-corrected chi connectivity index (χ3v) is 15.1. The Hall–Kier alpha value is -2.95. The van der Waals surface area contributed by atoms with Crippen LogP contribution in [-0.4, -0.2) is 107 Å². The van der Waals surface area contributed by atoms with E-state index < -0.39 is 49.3 Å². The van der Waals surface area contributed by atoms with Crippen LogP contribution in [0.2, 0.25) is 0 Å². The van der Waals surface area contributed by atoms with Gasteiger partial charge in [0.1, 0.15) is 24.1 Å². The summed E-state index contributed by atoms with van der Waals surface area (Å²) in [7, 11) is 0. The zero-order chi connectivity index (χ0) is 39.2. The lowest BCUT2D eigenvalue weighted by Crippen LogP contribution is -2.62. The number of carbonyl (C=O) groups excluding carboxylic acids is 2. The number of esters is 1. The Kier molecular flexibility index (Phi) is 11.8. The van der Waals surface area contributed by atoms with E-state index in [9.17, 15) is 35.1 Å². The first-order valence-corrected chi connectivity index (χ1v) is 20.7. The standard InChI is InChI=1S/C40H62N6O9/c1-21(24-9-10-25-32-26(17-29(50)40(24,25)3)39(2)13-12-23(48)15-22(39)16-27(32)49)8-11-30(51)42-14-6-4-5-7-31(52)55-35-34(53)28(18-47)54-38(35)46-20-45-33-36(41)43-19-44-37(33)46/h19-29,32,34-35,38,47-50,53H,4-18H2,1-3H3,(H,42,51)(H2,41,43,44)/t21-,22+,23-,24-,25+,26+,27-,28-,29+,32+,34-,35-,38-,39+,40-/m1/s1. The number of hydrogen-bond donors (Lipinski definition) is 7. The molecule has 15 atom stereocenters. The normalized spacial score (nSPS) is 40.3. The van der Waals surface area contributed by atoms with Gasteiger partial charge < -0.3 is 46.1 Å². The maximum atomic E-state index is 12.9. The summed E-state index contributed by atoms with van der Waals surface area (Å²) in [5.74, 6) is 1.17. The highest BCUT2D eigenvalue weighted by Crippen LogP contribution is 2.68.